The minimum atomic E-state index is -0.763. The molecule has 1 atom stereocenters. The second kappa shape index (κ2) is 9.45. The largest absolute Gasteiger partial charge is 0.369 e. The van der Waals surface area contributed by atoms with Gasteiger partial charge >= 0.3 is 0 Å². The first-order valence-corrected chi connectivity index (χ1v) is 9.14. The average molecular weight is 378 g/mol. The molecule has 148 valence electrons. The Kier molecular flexibility index (Phi) is 7.29. The Balaban J connectivity index is 1.93. The number of carbonyl (C=O) groups is 3. The lowest BCUT2D eigenvalue weighted by atomic mass is 10.00. The van der Waals surface area contributed by atoms with Crippen LogP contribution in [0.2, 0.25) is 0 Å². The topological polar surface area (TPSA) is 105 Å². The highest BCUT2D eigenvalue weighted by molar-refractivity contribution is 5.97. The maximum Gasteiger partial charge on any atom is 0.254 e. The summed E-state index contributed by atoms with van der Waals surface area (Å²) in [5.74, 6) is -2.05. The Morgan fingerprint density at radius 3 is 2.41 bits per heavy atom. The Hall–Kier alpha value is -2.48. The quantitative estimate of drug-likeness (QED) is 0.648. The van der Waals surface area contributed by atoms with Gasteiger partial charge in [-0.2, -0.15) is 0 Å². The molecule has 1 aliphatic rings. The monoisotopic (exact) mass is 378 g/mol. The summed E-state index contributed by atoms with van der Waals surface area (Å²) < 4.78 is 13.8. The first-order chi connectivity index (χ1) is 12.8. The maximum absolute atomic E-state index is 13.8. The van der Waals surface area contributed by atoms with Crippen LogP contribution in [0.4, 0.5) is 4.39 Å². The number of nitrogens with zero attached hydrogens (tertiary/aromatic N) is 1. The number of rotatable bonds is 7. The first-order valence-electron chi connectivity index (χ1n) is 9.14. The number of primary amides is 1. The molecule has 3 amide bonds. The molecule has 0 aromatic heterocycles. The molecule has 1 heterocycles. The van der Waals surface area contributed by atoms with Gasteiger partial charge in [-0.1, -0.05) is 26.0 Å². The number of benzene rings is 1. The smallest absolute Gasteiger partial charge is 0.254 e. The Bertz CT molecular complexity index is 687. The van der Waals surface area contributed by atoms with Gasteiger partial charge in [0.1, 0.15) is 11.9 Å². The van der Waals surface area contributed by atoms with Crippen LogP contribution >= 0.6 is 0 Å². The third-order valence-corrected chi connectivity index (χ3v) is 4.67. The van der Waals surface area contributed by atoms with Crippen molar-refractivity contribution in [2.24, 2.45) is 11.7 Å². The van der Waals surface area contributed by atoms with E-state index in [1.807, 2.05) is 18.7 Å². The van der Waals surface area contributed by atoms with Gasteiger partial charge in [-0.3, -0.25) is 19.3 Å². The van der Waals surface area contributed by atoms with Gasteiger partial charge in [-0.05, 0) is 30.9 Å². The molecule has 1 aliphatic heterocycles. The Labute approximate surface area is 158 Å². The van der Waals surface area contributed by atoms with E-state index in [0.29, 0.717) is 25.9 Å². The van der Waals surface area contributed by atoms with E-state index >= 15 is 0 Å². The van der Waals surface area contributed by atoms with Crippen molar-refractivity contribution in [3.63, 3.8) is 0 Å². The molecule has 0 radical (unpaired) electrons. The zero-order valence-electron chi connectivity index (χ0n) is 15.7. The van der Waals surface area contributed by atoms with Gasteiger partial charge < -0.3 is 16.4 Å². The number of likely N-dealkylation sites (tertiary alicyclic amines) is 1. The van der Waals surface area contributed by atoms with E-state index in [0.717, 1.165) is 0 Å². The molecule has 2 rings (SSSR count). The van der Waals surface area contributed by atoms with Crippen LogP contribution in [-0.4, -0.2) is 54.3 Å². The highest BCUT2D eigenvalue weighted by Crippen LogP contribution is 2.12. The minimum Gasteiger partial charge on any atom is -0.369 e. The zero-order valence-corrected chi connectivity index (χ0v) is 15.7. The number of piperidine rings is 1. The van der Waals surface area contributed by atoms with E-state index in [1.54, 1.807) is 6.07 Å². The summed E-state index contributed by atoms with van der Waals surface area (Å²) in [4.78, 5) is 37.9. The summed E-state index contributed by atoms with van der Waals surface area (Å²) in [6, 6.07) is 4.87. The number of nitrogens with two attached hydrogens (primary N) is 1. The lowest BCUT2D eigenvalue weighted by Crippen LogP contribution is -2.54. The lowest BCUT2D eigenvalue weighted by Gasteiger charge is -2.33. The van der Waals surface area contributed by atoms with Crippen molar-refractivity contribution in [1.29, 1.82) is 0 Å². The maximum atomic E-state index is 13.8. The molecule has 1 unspecified atom stereocenters. The summed E-state index contributed by atoms with van der Waals surface area (Å²) in [6.07, 6.45) is 1.40. The molecule has 1 aromatic rings. The summed E-state index contributed by atoms with van der Waals surface area (Å²) in [7, 11) is 0. The predicted molar refractivity (Wildman–Crippen MR) is 99.3 cm³/mol. The summed E-state index contributed by atoms with van der Waals surface area (Å²) in [5, 5.41) is 5.59. The van der Waals surface area contributed by atoms with E-state index in [9.17, 15) is 18.8 Å². The molecule has 0 spiro atoms. The third-order valence-electron chi connectivity index (χ3n) is 4.67. The molecule has 4 N–H and O–H groups in total. The molecular formula is C19H27FN4O3. The number of amides is 3. The van der Waals surface area contributed by atoms with E-state index in [-0.39, 0.29) is 35.9 Å². The molecule has 27 heavy (non-hydrogen) atoms. The highest BCUT2D eigenvalue weighted by atomic mass is 19.1. The molecule has 1 fully saturated rings. The van der Waals surface area contributed by atoms with Crippen LogP contribution < -0.4 is 16.4 Å². The second-order valence-electron chi connectivity index (χ2n) is 7.20. The summed E-state index contributed by atoms with van der Waals surface area (Å²) in [5.41, 5.74) is 5.11. The van der Waals surface area contributed by atoms with E-state index in [4.69, 9.17) is 5.73 Å². The molecule has 7 nitrogen and oxygen atoms in total. The van der Waals surface area contributed by atoms with Gasteiger partial charge in [0.05, 0.1) is 12.1 Å². The summed E-state index contributed by atoms with van der Waals surface area (Å²) in [6.45, 7) is 5.19. The Morgan fingerprint density at radius 2 is 1.85 bits per heavy atom. The van der Waals surface area contributed by atoms with Crippen molar-refractivity contribution in [3.05, 3.63) is 35.6 Å². The van der Waals surface area contributed by atoms with Gasteiger partial charge in [-0.15, -0.1) is 0 Å². The fourth-order valence-corrected chi connectivity index (χ4v) is 3.15. The molecule has 1 saturated heterocycles. The molecular weight excluding hydrogens is 351 g/mol. The minimum absolute atomic E-state index is 0.0340. The number of hydrogen-bond donors (Lipinski definition) is 3. The average Bonchev–Trinajstić information content (AvgIpc) is 2.60. The molecule has 1 aromatic carbocycles. The normalized spacial score (nSPS) is 16.7. The fraction of sp³-hybridized carbons (Fsp3) is 0.526. The van der Waals surface area contributed by atoms with Crippen LogP contribution in [-0.2, 0) is 9.59 Å². The van der Waals surface area contributed by atoms with E-state index in [1.165, 1.54) is 18.2 Å². The first kappa shape index (κ1) is 20.8. The van der Waals surface area contributed by atoms with Crippen LogP contribution in [0.5, 0.6) is 0 Å². The van der Waals surface area contributed by atoms with Crippen LogP contribution in [0.3, 0.4) is 0 Å². The van der Waals surface area contributed by atoms with Gasteiger partial charge in [-0.25, -0.2) is 4.39 Å². The highest BCUT2D eigenvalue weighted by Gasteiger charge is 2.29. The Morgan fingerprint density at radius 1 is 1.22 bits per heavy atom. The predicted octanol–water partition coefficient (Wildman–Crippen LogP) is 0.646. The van der Waals surface area contributed by atoms with Crippen molar-refractivity contribution in [2.75, 3.05) is 19.6 Å². The SMILES string of the molecule is CC(C)C(NC(=O)c1ccccc1F)C(=O)NC1CCN(CC(N)=O)CC1. The zero-order chi connectivity index (χ0) is 20.0. The van der Waals surface area contributed by atoms with Gasteiger partial charge in [0.2, 0.25) is 11.8 Å². The third kappa shape index (κ3) is 6.02. The van der Waals surface area contributed by atoms with Gasteiger partial charge in [0, 0.05) is 19.1 Å². The van der Waals surface area contributed by atoms with Crippen LogP contribution in [0.1, 0.15) is 37.0 Å². The number of carbonyl (C=O) groups excluding carboxylic acids is 3. The van der Waals surface area contributed by atoms with Crippen molar-refractivity contribution in [2.45, 2.75) is 38.8 Å². The number of halogens is 1. The lowest BCUT2D eigenvalue weighted by molar-refractivity contribution is -0.125. The fourth-order valence-electron chi connectivity index (χ4n) is 3.15. The van der Waals surface area contributed by atoms with Crippen LogP contribution in [0.15, 0.2) is 24.3 Å². The van der Waals surface area contributed by atoms with Crippen LogP contribution in [0.25, 0.3) is 0 Å². The molecule has 0 saturated carbocycles. The molecule has 8 heteroatoms. The number of nitrogens with one attached hydrogen (secondary N) is 2. The van der Waals surface area contributed by atoms with Crippen molar-refractivity contribution >= 4 is 17.7 Å². The standard InChI is InChI=1S/C19H27FN4O3/c1-12(2)17(23-18(26)14-5-3-4-6-15(14)20)19(27)22-13-7-9-24(10-8-13)11-16(21)25/h3-6,12-13,17H,7-11H2,1-2H3,(H2,21,25)(H,22,27)(H,23,26). The summed E-state index contributed by atoms with van der Waals surface area (Å²) >= 11 is 0. The van der Waals surface area contributed by atoms with Gasteiger partial charge in [0.25, 0.3) is 5.91 Å². The van der Waals surface area contributed by atoms with Crippen molar-refractivity contribution in [1.82, 2.24) is 15.5 Å². The van der Waals surface area contributed by atoms with Crippen molar-refractivity contribution < 1.29 is 18.8 Å². The molecule has 0 aliphatic carbocycles. The van der Waals surface area contributed by atoms with E-state index in [2.05, 4.69) is 10.6 Å². The second-order valence-corrected chi connectivity index (χ2v) is 7.20. The molecule has 0 bridgehead atoms. The van der Waals surface area contributed by atoms with Gasteiger partial charge in [0.15, 0.2) is 0 Å². The number of hydrogen-bond acceptors (Lipinski definition) is 4. The van der Waals surface area contributed by atoms with E-state index < -0.39 is 17.8 Å². The van der Waals surface area contributed by atoms with Crippen molar-refractivity contribution in [3.8, 4) is 0 Å². The van der Waals surface area contributed by atoms with Crippen LogP contribution in [0, 0.1) is 11.7 Å².